The highest BCUT2D eigenvalue weighted by Gasteiger charge is 2.22. The van der Waals surface area contributed by atoms with Crippen LogP contribution in [0.15, 0.2) is 18.2 Å². The number of hydrogen-bond acceptors (Lipinski definition) is 3. The summed E-state index contributed by atoms with van der Waals surface area (Å²) >= 11 is 0. The summed E-state index contributed by atoms with van der Waals surface area (Å²) in [7, 11) is 1.17. The molecule has 1 aliphatic heterocycles. The Labute approximate surface area is 93.2 Å². The van der Waals surface area contributed by atoms with E-state index in [0.717, 1.165) is 18.4 Å². The third-order valence-corrected chi connectivity index (χ3v) is 2.64. The Morgan fingerprint density at radius 2 is 2.38 bits per heavy atom. The zero-order valence-electron chi connectivity index (χ0n) is 9.03. The summed E-state index contributed by atoms with van der Waals surface area (Å²) in [5.41, 5.74) is 1.35. The van der Waals surface area contributed by atoms with Gasteiger partial charge in [-0.15, -0.1) is 0 Å². The molecule has 0 N–H and O–H groups in total. The zero-order chi connectivity index (χ0) is 11.5. The number of carbonyl (C=O) groups is 1. The second kappa shape index (κ2) is 4.51. The fourth-order valence-electron chi connectivity index (χ4n) is 1.75. The maximum Gasteiger partial charge on any atom is 0.345 e. The molecule has 1 atom stereocenters. The number of rotatable bonds is 2. The molecule has 1 aromatic carbocycles. The number of alkyl halides is 1. The number of fused-ring (bicyclic) bond motifs is 1. The van der Waals surface area contributed by atoms with Crippen LogP contribution in [-0.2, 0) is 16.0 Å². The van der Waals surface area contributed by atoms with Crippen LogP contribution in [0.2, 0.25) is 0 Å². The number of ether oxygens (including phenoxy) is 2. The fourth-order valence-corrected chi connectivity index (χ4v) is 1.75. The van der Waals surface area contributed by atoms with Crippen molar-refractivity contribution in [1.82, 2.24) is 0 Å². The molecule has 1 aliphatic rings. The van der Waals surface area contributed by atoms with E-state index >= 15 is 0 Å². The smallest absolute Gasteiger partial charge is 0.345 e. The van der Waals surface area contributed by atoms with Crippen LogP contribution in [0.5, 0.6) is 5.75 Å². The van der Waals surface area contributed by atoms with Crippen LogP contribution in [0.3, 0.4) is 0 Å². The van der Waals surface area contributed by atoms with Gasteiger partial charge in [0.2, 0.25) is 6.17 Å². The Morgan fingerprint density at radius 3 is 3.12 bits per heavy atom. The largest absolute Gasteiger partial charge is 0.493 e. The van der Waals surface area contributed by atoms with E-state index in [-0.39, 0.29) is 5.56 Å². The molecule has 86 valence electrons. The molecule has 0 radical (unpaired) electrons. The third-order valence-electron chi connectivity index (χ3n) is 2.64. The van der Waals surface area contributed by atoms with Gasteiger partial charge in [-0.3, -0.25) is 0 Å². The first-order valence-electron chi connectivity index (χ1n) is 5.20. The molecule has 0 saturated carbocycles. The van der Waals surface area contributed by atoms with Gasteiger partial charge in [0.05, 0.1) is 13.7 Å². The predicted molar refractivity (Wildman–Crippen MR) is 56.1 cm³/mol. The molecular weight excluding hydrogens is 211 g/mol. The highest BCUT2D eigenvalue weighted by atomic mass is 19.1. The molecule has 3 nitrogen and oxygen atoms in total. The maximum atomic E-state index is 13.6. The predicted octanol–water partition coefficient (Wildman–Crippen LogP) is 2.20. The van der Waals surface area contributed by atoms with Crippen molar-refractivity contribution in [2.45, 2.75) is 19.0 Å². The monoisotopic (exact) mass is 224 g/mol. The first kappa shape index (κ1) is 10.9. The van der Waals surface area contributed by atoms with Gasteiger partial charge in [0.25, 0.3) is 0 Å². The van der Waals surface area contributed by atoms with Crippen LogP contribution in [0.25, 0.3) is 0 Å². The number of esters is 1. The van der Waals surface area contributed by atoms with Gasteiger partial charge in [0.1, 0.15) is 5.75 Å². The Morgan fingerprint density at radius 1 is 1.56 bits per heavy atom. The van der Waals surface area contributed by atoms with Gasteiger partial charge in [-0.05, 0) is 24.5 Å². The average Bonchev–Trinajstić information content (AvgIpc) is 2.36. The number of benzene rings is 1. The molecule has 0 aromatic heterocycles. The lowest BCUT2D eigenvalue weighted by Gasteiger charge is -2.18. The SMILES string of the molecule is COC(=O)C(F)c1ccc2c(c1)OCCC2. The van der Waals surface area contributed by atoms with Crippen molar-refractivity contribution in [2.24, 2.45) is 0 Å². The molecule has 0 spiro atoms. The van der Waals surface area contributed by atoms with Gasteiger partial charge in [0.15, 0.2) is 0 Å². The van der Waals surface area contributed by atoms with E-state index in [2.05, 4.69) is 4.74 Å². The van der Waals surface area contributed by atoms with E-state index in [1.165, 1.54) is 7.11 Å². The molecule has 1 unspecified atom stereocenters. The van der Waals surface area contributed by atoms with E-state index in [0.29, 0.717) is 12.4 Å². The molecule has 0 aliphatic carbocycles. The molecule has 1 aromatic rings. The number of aryl methyl sites for hydroxylation is 1. The Kier molecular flexibility index (Phi) is 3.08. The van der Waals surface area contributed by atoms with Gasteiger partial charge < -0.3 is 9.47 Å². The van der Waals surface area contributed by atoms with E-state index < -0.39 is 12.1 Å². The lowest BCUT2D eigenvalue weighted by molar-refractivity contribution is -0.146. The molecule has 2 rings (SSSR count). The summed E-state index contributed by atoms with van der Waals surface area (Å²) in [6.07, 6.45) is 0.175. The van der Waals surface area contributed by atoms with Crippen molar-refractivity contribution in [2.75, 3.05) is 13.7 Å². The lowest BCUT2D eigenvalue weighted by Crippen LogP contribution is -2.12. The van der Waals surface area contributed by atoms with Gasteiger partial charge in [-0.25, -0.2) is 9.18 Å². The van der Waals surface area contributed by atoms with Crippen molar-refractivity contribution >= 4 is 5.97 Å². The van der Waals surface area contributed by atoms with Crippen molar-refractivity contribution in [3.05, 3.63) is 29.3 Å². The Balaban J connectivity index is 2.26. The van der Waals surface area contributed by atoms with Gasteiger partial charge >= 0.3 is 5.97 Å². The quantitative estimate of drug-likeness (QED) is 0.722. The van der Waals surface area contributed by atoms with Crippen molar-refractivity contribution in [1.29, 1.82) is 0 Å². The average molecular weight is 224 g/mol. The summed E-state index contributed by atoms with van der Waals surface area (Å²) in [5.74, 6) is -0.203. The van der Waals surface area contributed by atoms with Crippen LogP contribution < -0.4 is 4.74 Å². The fraction of sp³-hybridized carbons (Fsp3) is 0.417. The molecular formula is C12H13FO3. The van der Waals surface area contributed by atoms with Crippen molar-refractivity contribution in [3.63, 3.8) is 0 Å². The topological polar surface area (TPSA) is 35.5 Å². The summed E-state index contributed by atoms with van der Waals surface area (Å²) < 4.78 is 23.3. The Bertz CT molecular complexity index is 403. The first-order valence-corrected chi connectivity index (χ1v) is 5.20. The zero-order valence-corrected chi connectivity index (χ0v) is 9.03. The van der Waals surface area contributed by atoms with E-state index in [1.54, 1.807) is 18.2 Å². The van der Waals surface area contributed by atoms with Gasteiger partial charge in [0, 0.05) is 5.56 Å². The summed E-state index contributed by atoms with van der Waals surface area (Å²) in [5, 5.41) is 0. The highest BCUT2D eigenvalue weighted by molar-refractivity contribution is 5.76. The van der Waals surface area contributed by atoms with E-state index in [9.17, 15) is 9.18 Å². The number of methoxy groups -OCH3 is 1. The van der Waals surface area contributed by atoms with Crippen molar-refractivity contribution < 1.29 is 18.7 Å². The van der Waals surface area contributed by atoms with Gasteiger partial charge in [-0.2, -0.15) is 0 Å². The number of halogens is 1. The highest BCUT2D eigenvalue weighted by Crippen LogP contribution is 2.29. The molecule has 1 heterocycles. The molecule has 0 amide bonds. The lowest BCUT2D eigenvalue weighted by atomic mass is 10.0. The second-order valence-electron chi connectivity index (χ2n) is 3.70. The standard InChI is InChI=1S/C12H13FO3/c1-15-12(14)11(13)9-5-4-8-3-2-6-16-10(8)7-9/h4-5,7,11H,2-3,6H2,1H3. The molecule has 4 heteroatoms. The molecule has 0 bridgehead atoms. The summed E-state index contributed by atoms with van der Waals surface area (Å²) in [4.78, 5) is 11.0. The number of carbonyl (C=O) groups excluding carboxylic acids is 1. The maximum absolute atomic E-state index is 13.6. The Hall–Kier alpha value is -1.58. The number of hydrogen-bond donors (Lipinski definition) is 0. The van der Waals surface area contributed by atoms with Crippen LogP contribution in [0.1, 0.15) is 23.7 Å². The minimum atomic E-state index is -1.74. The summed E-state index contributed by atoms with van der Waals surface area (Å²) in [6, 6.07) is 4.99. The third kappa shape index (κ3) is 2.01. The van der Waals surface area contributed by atoms with E-state index in [4.69, 9.17) is 4.74 Å². The minimum Gasteiger partial charge on any atom is -0.493 e. The normalized spacial score (nSPS) is 15.9. The van der Waals surface area contributed by atoms with E-state index in [1.807, 2.05) is 0 Å². The molecule has 0 saturated heterocycles. The summed E-state index contributed by atoms with van der Waals surface area (Å²) in [6.45, 7) is 0.644. The van der Waals surface area contributed by atoms with Crippen LogP contribution in [0, 0.1) is 0 Å². The first-order chi connectivity index (χ1) is 7.72. The van der Waals surface area contributed by atoms with Gasteiger partial charge in [-0.1, -0.05) is 12.1 Å². The minimum absolute atomic E-state index is 0.285. The van der Waals surface area contributed by atoms with Crippen LogP contribution in [0.4, 0.5) is 4.39 Å². The second-order valence-corrected chi connectivity index (χ2v) is 3.70. The molecule has 16 heavy (non-hydrogen) atoms. The molecule has 0 fully saturated rings. The van der Waals surface area contributed by atoms with Crippen LogP contribution in [-0.4, -0.2) is 19.7 Å². The van der Waals surface area contributed by atoms with Crippen molar-refractivity contribution in [3.8, 4) is 5.75 Å². The van der Waals surface area contributed by atoms with Crippen LogP contribution >= 0.6 is 0 Å².